The van der Waals surface area contributed by atoms with E-state index in [1.54, 1.807) is 42.3 Å². The molecule has 5 heteroatoms. The smallest absolute Gasteiger partial charge is 0.271 e. The molecular formula is C15H16N2O3. The largest absolute Gasteiger partial charge is 0.508 e. The SMILES string of the molecule is CN1C(=O)C2CCCN2C(=O)/C1=C/c1ccc(O)cc1. The van der Waals surface area contributed by atoms with Crippen LogP contribution in [0, 0.1) is 0 Å². The van der Waals surface area contributed by atoms with E-state index >= 15 is 0 Å². The molecule has 3 rings (SSSR count). The zero-order valence-electron chi connectivity index (χ0n) is 11.2. The van der Waals surface area contributed by atoms with Crippen LogP contribution >= 0.6 is 0 Å². The van der Waals surface area contributed by atoms with E-state index in [0.29, 0.717) is 12.2 Å². The maximum Gasteiger partial charge on any atom is 0.271 e. The lowest BCUT2D eigenvalue weighted by atomic mass is 10.1. The summed E-state index contributed by atoms with van der Waals surface area (Å²) in [4.78, 5) is 27.8. The number of benzene rings is 1. The quantitative estimate of drug-likeness (QED) is 0.781. The molecule has 0 spiro atoms. The van der Waals surface area contributed by atoms with Crippen molar-refractivity contribution in [3.05, 3.63) is 35.5 Å². The normalized spacial score (nSPS) is 24.4. The Balaban J connectivity index is 1.97. The van der Waals surface area contributed by atoms with Crippen LogP contribution in [0.1, 0.15) is 18.4 Å². The highest BCUT2D eigenvalue weighted by Crippen LogP contribution is 2.28. The van der Waals surface area contributed by atoms with Crippen LogP contribution in [-0.4, -0.2) is 46.4 Å². The van der Waals surface area contributed by atoms with Gasteiger partial charge in [-0.1, -0.05) is 12.1 Å². The van der Waals surface area contributed by atoms with Crippen LogP contribution in [0.5, 0.6) is 5.75 Å². The Kier molecular flexibility index (Phi) is 2.97. The number of nitrogens with zero attached hydrogens (tertiary/aromatic N) is 2. The number of amides is 2. The third-order valence-electron chi connectivity index (χ3n) is 3.91. The van der Waals surface area contributed by atoms with E-state index in [1.807, 2.05) is 0 Å². The van der Waals surface area contributed by atoms with E-state index in [1.165, 1.54) is 4.90 Å². The number of hydrogen-bond donors (Lipinski definition) is 1. The van der Waals surface area contributed by atoms with E-state index in [-0.39, 0.29) is 23.6 Å². The van der Waals surface area contributed by atoms with E-state index < -0.39 is 0 Å². The number of rotatable bonds is 1. The Hall–Kier alpha value is -2.30. The van der Waals surface area contributed by atoms with Gasteiger partial charge < -0.3 is 14.9 Å². The zero-order chi connectivity index (χ0) is 14.3. The number of carbonyl (C=O) groups excluding carboxylic acids is 2. The minimum Gasteiger partial charge on any atom is -0.508 e. The molecule has 2 saturated heterocycles. The first-order chi connectivity index (χ1) is 9.58. The molecule has 20 heavy (non-hydrogen) atoms. The minimum atomic E-state index is -0.288. The lowest BCUT2D eigenvalue weighted by Crippen LogP contribution is -2.54. The van der Waals surface area contributed by atoms with Crippen LogP contribution in [0.25, 0.3) is 6.08 Å². The fraction of sp³-hybridized carbons (Fsp3) is 0.333. The van der Waals surface area contributed by atoms with Gasteiger partial charge in [-0.15, -0.1) is 0 Å². The Morgan fingerprint density at radius 1 is 1.25 bits per heavy atom. The van der Waals surface area contributed by atoms with Crippen LogP contribution in [0.4, 0.5) is 0 Å². The maximum atomic E-state index is 12.4. The van der Waals surface area contributed by atoms with E-state index in [0.717, 1.165) is 18.4 Å². The van der Waals surface area contributed by atoms with Gasteiger partial charge in [0.1, 0.15) is 17.5 Å². The first-order valence-corrected chi connectivity index (χ1v) is 6.67. The molecule has 2 fully saturated rings. The number of piperazine rings is 1. The van der Waals surface area contributed by atoms with E-state index in [9.17, 15) is 14.7 Å². The molecule has 104 valence electrons. The summed E-state index contributed by atoms with van der Waals surface area (Å²) >= 11 is 0. The van der Waals surface area contributed by atoms with Crippen molar-refractivity contribution in [2.45, 2.75) is 18.9 Å². The summed E-state index contributed by atoms with van der Waals surface area (Å²) in [6.07, 6.45) is 3.32. The molecular weight excluding hydrogens is 256 g/mol. The van der Waals surface area contributed by atoms with Crippen molar-refractivity contribution in [2.75, 3.05) is 13.6 Å². The lowest BCUT2D eigenvalue weighted by molar-refractivity contribution is -0.147. The van der Waals surface area contributed by atoms with Gasteiger partial charge >= 0.3 is 0 Å². The number of phenols is 1. The number of hydrogen-bond acceptors (Lipinski definition) is 3. The summed E-state index contributed by atoms with van der Waals surface area (Å²) in [6.45, 7) is 0.649. The van der Waals surface area contributed by atoms with E-state index in [4.69, 9.17) is 0 Å². The number of phenolic OH excluding ortho intramolecular Hbond substituents is 1. The molecule has 0 saturated carbocycles. The van der Waals surface area contributed by atoms with Gasteiger partial charge in [0.25, 0.3) is 5.91 Å². The molecule has 0 bridgehead atoms. The fourth-order valence-corrected chi connectivity index (χ4v) is 2.79. The van der Waals surface area contributed by atoms with Gasteiger partial charge in [-0.2, -0.15) is 0 Å². The Bertz CT molecular complexity index is 592. The number of carbonyl (C=O) groups is 2. The second-order valence-corrected chi connectivity index (χ2v) is 5.17. The van der Waals surface area contributed by atoms with Gasteiger partial charge in [0.2, 0.25) is 5.91 Å². The summed E-state index contributed by atoms with van der Waals surface area (Å²) in [7, 11) is 1.64. The van der Waals surface area contributed by atoms with Gasteiger partial charge in [-0.3, -0.25) is 9.59 Å². The van der Waals surface area contributed by atoms with E-state index in [2.05, 4.69) is 0 Å². The minimum absolute atomic E-state index is 0.0212. The molecule has 1 aromatic carbocycles. The molecule has 2 amide bonds. The average molecular weight is 272 g/mol. The van der Waals surface area contributed by atoms with Gasteiger partial charge in [-0.25, -0.2) is 0 Å². The average Bonchev–Trinajstić information content (AvgIpc) is 2.93. The Labute approximate surface area is 117 Å². The maximum absolute atomic E-state index is 12.4. The van der Waals surface area contributed by atoms with Crippen molar-refractivity contribution in [1.29, 1.82) is 0 Å². The lowest BCUT2D eigenvalue weighted by Gasteiger charge is -2.36. The molecule has 2 heterocycles. The highest BCUT2D eigenvalue weighted by molar-refractivity contribution is 6.07. The van der Waals surface area contributed by atoms with Crippen molar-refractivity contribution >= 4 is 17.9 Å². The van der Waals surface area contributed by atoms with Gasteiger partial charge in [0, 0.05) is 13.6 Å². The Morgan fingerprint density at radius 2 is 1.95 bits per heavy atom. The van der Waals surface area contributed by atoms with Gasteiger partial charge in [0.05, 0.1) is 0 Å². The predicted molar refractivity (Wildman–Crippen MR) is 73.6 cm³/mol. The topological polar surface area (TPSA) is 60.9 Å². The first kappa shape index (κ1) is 12.7. The summed E-state index contributed by atoms with van der Waals surface area (Å²) in [5.41, 5.74) is 1.17. The van der Waals surface area contributed by atoms with Crippen LogP contribution < -0.4 is 0 Å². The van der Waals surface area contributed by atoms with Crippen LogP contribution in [0.15, 0.2) is 30.0 Å². The zero-order valence-corrected chi connectivity index (χ0v) is 11.2. The molecule has 2 aliphatic rings. The van der Waals surface area contributed by atoms with Crippen molar-refractivity contribution < 1.29 is 14.7 Å². The summed E-state index contributed by atoms with van der Waals surface area (Å²) < 4.78 is 0. The van der Waals surface area contributed by atoms with Gasteiger partial charge in [-0.05, 0) is 36.6 Å². The fourth-order valence-electron chi connectivity index (χ4n) is 2.79. The number of fused-ring (bicyclic) bond motifs is 1. The van der Waals surface area contributed by atoms with Crippen molar-refractivity contribution in [3.63, 3.8) is 0 Å². The molecule has 1 aromatic rings. The highest BCUT2D eigenvalue weighted by atomic mass is 16.3. The second kappa shape index (κ2) is 4.67. The van der Waals surface area contributed by atoms with Crippen LogP contribution in [0.2, 0.25) is 0 Å². The standard InChI is InChI=1S/C15H16N2O3/c1-16-13(9-10-4-6-11(18)7-5-10)15(20)17-8-2-3-12(17)14(16)19/h4-7,9,12,18H,2-3,8H2,1H3/b13-9-. The van der Waals surface area contributed by atoms with Crippen molar-refractivity contribution in [3.8, 4) is 5.75 Å². The van der Waals surface area contributed by atoms with Crippen molar-refractivity contribution in [1.82, 2.24) is 9.80 Å². The molecule has 1 unspecified atom stereocenters. The number of likely N-dealkylation sites (N-methyl/N-ethyl adjacent to an activating group) is 1. The van der Waals surface area contributed by atoms with Crippen LogP contribution in [-0.2, 0) is 9.59 Å². The molecule has 0 aromatic heterocycles. The third kappa shape index (κ3) is 1.95. The molecule has 1 N–H and O–H groups in total. The molecule has 0 radical (unpaired) electrons. The number of aromatic hydroxyl groups is 1. The van der Waals surface area contributed by atoms with Crippen LogP contribution in [0.3, 0.4) is 0 Å². The summed E-state index contributed by atoms with van der Waals surface area (Å²) in [5.74, 6) is 0.0564. The second-order valence-electron chi connectivity index (χ2n) is 5.17. The summed E-state index contributed by atoms with van der Waals surface area (Å²) in [6, 6.07) is 6.25. The van der Waals surface area contributed by atoms with Crippen molar-refractivity contribution in [2.24, 2.45) is 0 Å². The molecule has 0 aliphatic carbocycles. The third-order valence-corrected chi connectivity index (χ3v) is 3.91. The molecule has 2 aliphatic heterocycles. The molecule has 5 nitrogen and oxygen atoms in total. The first-order valence-electron chi connectivity index (χ1n) is 6.67. The van der Waals surface area contributed by atoms with Gasteiger partial charge in [0.15, 0.2) is 0 Å². The monoisotopic (exact) mass is 272 g/mol. The predicted octanol–water partition coefficient (Wildman–Crippen LogP) is 1.20. The molecule has 1 atom stereocenters. The Morgan fingerprint density at radius 3 is 2.65 bits per heavy atom. The summed E-state index contributed by atoms with van der Waals surface area (Å²) in [5, 5.41) is 9.27. The highest BCUT2D eigenvalue weighted by Gasteiger charge is 2.43.